The van der Waals surface area contributed by atoms with Gasteiger partial charge in [-0.1, -0.05) is 0 Å². The van der Waals surface area contributed by atoms with Crippen molar-refractivity contribution in [3.63, 3.8) is 0 Å². The summed E-state index contributed by atoms with van der Waals surface area (Å²) in [6, 6.07) is 3.06. The molecule has 6 nitrogen and oxygen atoms in total. The molecule has 0 spiro atoms. The summed E-state index contributed by atoms with van der Waals surface area (Å²) in [5.74, 6) is -0.00331. The second-order valence-electron chi connectivity index (χ2n) is 3.78. The SMILES string of the molecule is Fc1cc(CNc2nc(Cl)nc3nc[nH]c23)ccn1. The van der Waals surface area contributed by atoms with Gasteiger partial charge < -0.3 is 10.3 Å². The third-order valence-electron chi connectivity index (χ3n) is 2.51. The third kappa shape index (κ3) is 2.45. The Labute approximate surface area is 112 Å². The van der Waals surface area contributed by atoms with Crippen molar-refractivity contribution in [1.82, 2.24) is 24.9 Å². The van der Waals surface area contributed by atoms with Crippen LogP contribution in [0.2, 0.25) is 5.28 Å². The molecule has 0 saturated carbocycles. The topological polar surface area (TPSA) is 79.4 Å². The summed E-state index contributed by atoms with van der Waals surface area (Å²) in [5, 5.41) is 3.16. The Morgan fingerprint density at radius 3 is 3.05 bits per heavy atom. The highest BCUT2D eigenvalue weighted by Gasteiger charge is 2.08. The minimum Gasteiger partial charge on any atom is -0.364 e. The first-order chi connectivity index (χ1) is 9.22. The number of hydrogen-bond donors (Lipinski definition) is 2. The minimum absolute atomic E-state index is 0.100. The lowest BCUT2D eigenvalue weighted by Crippen LogP contribution is -2.04. The summed E-state index contributed by atoms with van der Waals surface area (Å²) >= 11 is 5.80. The predicted octanol–water partition coefficient (Wildman–Crippen LogP) is 2.15. The molecular formula is C11H8ClFN6. The normalized spacial score (nSPS) is 10.8. The Kier molecular flexibility index (Phi) is 2.96. The van der Waals surface area contributed by atoms with Crippen LogP contribution in [-0.4, -0.2) is 24.9 Å². The standard InChI is InChI=1S/C11H8ClFN6/c12-11-18-9(8-10(19-11)17-5-16-8)15-4-6-1-2-14-7(13)3-6/h1-3,5H,4H2,(H2,15,16,17,18,19). The number of rotatable bonds is 3. The van der Waals surface area contributed by atoms with E-state index in [1.54, 1.807) is 6.07 Å². The van der Waals surface area contributed by atoms with Crippen molar-refractivity contribution in [3.05, 3.63) is 41.5 Å². The van der Waals surface area contributed by atoms with Gasteiger partial charge in [-0.05, 0) is 29.3 Å². The largest absolute Gasteiger partial charge is 0.364 e. The van der Waals surface area contributed by atoms with Crippen LogP contribution in [0.4, 0.5) is 10.2 Å². The van der Waals surface area contributed by atoms with Crippen molar-refractivity contribution in [2.75, 3.05) is 5.32 Å². The van der Waals surface area contributed by atoms with Gasteiger partial charge in [-0.15, -0.1) is 0 Å². The van der Waals surface area contributed by atoms with Gasteiger partial charge in [-0.2, -0.15) is 14.4 Å². The van der Waals surface area contributed by atoms with Gasteiger partial charge in [0.05, 0.1) is 6.33 Å². The zero-order valence-corrected chi connectivity index (χ0v) is 10.3. The smallest absolute Gasteiger partial charge is 0.226 e. The fourth-order valence-corrected chi connectivity index (χ4v) is 1.84. The van der Waals surface area contributed by atoms with Crippen LogP contribution in [0.1, 0.15) is 5.56 Å². The van der Waals surface area contributed by atoms with E-state index in [-0.39, 0.29) is 5.28 Å². The van der Waals surface area contributed by atoms with E-state index >= 15 is 0 Å². The minimum atomic E-state index is -0.522. The van der Waals surface area contributed by atoms with E-state index in [9.17, 15) is 4.39 Å². The molecule has 0 aromatic carbocycles. The van der Waals surface area contributed by atoms with Crippen molar-refractivity contribution in [3.8, 4) is 0 Å². The van der Waals surface area contributed by atoms with Crippen molar-refractivity contribution in [2.24, 2.45) is 0 Å². The number of nitrogens with one attached hydrogen (secondary N) is 2. The molecular weight excluding hydrogens is 271 g/mol. The Morgan fingerprint density at radius 1 is 1.32 bits per heavy atom. The predicted molar refractivity (Wildman–Crippen MR) is 68.2 cm³/mol. The molecule has 96 valence electrons. The lowest BCUT2D eigenvalue weighted by atomic mass is 10.2. The Morgan fingerprint density at radius 2 is 2.21 bits per heavy atom. The second-order valence-corrected chi connectivity index (χ2v) is 4.12. The van der Waals surface area contributed by atoms with E-state index in [0.29, 0.717) is 23.5 Å². The fourth-order valence-electron chi connectivity index (χ4n) is 1.67. The van der Waals surface area contributed by atoms with E-state index in [1.165, 1.54) is 18.6 Å². The zero-order valence-electron chi connectivity index (χ0n) is 9.56. The van der Waals surface area contributed by atoms with Gasteiger partial charge in [-0.25, -0.2) is 9.97 Å². The quantitative estimate of drug-likeness (QED) is 0.567. The lowest BCUT2D eigenvalue weighted by molar-refractivity contribution is 0.581. The number of hydrogen-bond acceptors (Lipinski definition) is 5. The summed E-state index contributed by atoms with van der Waals surface area (Å²) < 4.78 is 13.0. The zero-order chi connectivity index (χ0) is 13.2. The van der Waals surface area contributed by atoms with Crippen LogP contribution >= 0.6 is 11.6 Å². The molecule has 0 aliphatic rings. The first-order valence-corrected chi connectivity index (χ1v) is 5.81. The van der Waals surface area contributed by atoms with Gasteiger partial charge in [0.1, 0.15) is 5.52 Å². The molecule has 3 aromatic rings. The van der Waals surface area contributed by atoms with Gasteiger partial charge in [0, 0.05) is 12.7 Å². The van der Waals surface area contributed by atoms with E-state index in [0.717, 1.165) is 5.56 Å². The fraction of sp³-hybridized carbons (Fsp3) is 0.0909. The molecule has 8 heteroatoms. The number of pyridine rings is 1. The molecule has 0 radical (unpaired) electrons. The number of halogens is 2. The molecule has 3 aromatic heterocycles. The third-order valence-corrected chi connectivity index (χ3v) is 2.68. The number of nitrogens with zero attached hydrogens (tertiary/aromatic N) is 4. The Balaban J connectivity index is 1.87. The van der Waals surface area contributed by atoms with Crippen LogP contribution in [0, 0.1) is 5.95 Å². The molecule has 0 amide bonds. The highest BCUT2D eigenvalue weighted by molar-refractivity contribution is 6.28. The molecule has 2 N–H and O–H groups in total. The van der Waals surface area contributed by atoms with E-state index in [2.05, 4.69) is 30.2 Å². The number of H-pyrrole nitrogens is 1. The molecule has 0 aliphatic carbocycles. The van der Waals surface area contributed by atoms with Crippen LogP contribution in [0.15, 0.2) is 24.7 Å². The second kappa shape index (κ2) is 4.77. The van der Waals surface area contributed by atoms with Crippen molar-refractivity contribution < 1.29 is 4.39 Å². The molecule has 0 aliphatic heterocycles. The lowest BCUT2D eigenvalue weighted by Gasteiger charge is -2.06. The maximum absolute atomic E-state index is 13.0. The van der Waals surface area contributed by atoms with Crippen LogP contribution in [0.5, 0.6) is 0 Å². The number of anilines is 1. The number of imidazole rings is 1. The Bertz CT molecular complexity index is 728. The highest BCUT2D eigenvalue weighted by atomic mass is 35.5. The van der Waals surface area contributed by atoms with Gasteiger partial charge in [-0.3, -0.25) is 0 Å². The monoisotopic (exact) mass is 278 g/mol. The maximum atomic E-state index is 13.0. The van der Waals surface area contributed by atoms with Crippen LogP contribution < -0.4 is 5.32 Å². The maximum Gasteiger partial charge on any atom is 0.226 e. The molecule has 0 bridgehead atoms. The molecule has 0 unspecified atom stereocenters. The summed E-state index contributed by atoms with van der Waals surface area (Å²) in [4.78, 5) is 18.5. The highest BCUT2D eigenvalue weighted by Crippen LogP contribution is 2.19. The first-order valence-electron chi connectivity index (χ1n) is 5.43. The Hall–Kier alpha value is -2.28. The van der Waals surface area contributed by atoms with Gasteiger partial charge in [0.2, 0.25) is 11.2 Å². The number of fused-ring (bicyclic) bond motifs is 1. The summed E-state index contributed by atoms with van der Waals surface area (Å²) in [6.45, 7) is 0.390. The summed E-state index contributed by atoms with van der Waals surface area (Å²) in [6.07, 6.45) is 2.91. The summed E-state index contributed by atoms with van der Waals surface area (Å²) in [5.41, 5.74) is 1.87. The molecule has 3 heterocycles. The molecule has 0 atom stereocenters. The van der Waals surface area contributed by atoms with Gasteiger partial charge in [0.15, 0.2) is 11.5 Å². The van der Waals surface area contributed by atoms with Crippen molar-refractivity contribution >= 4 is 28.6 Å². The van der Waals surface area contributed by atoms with Gasteiger partial charge >= 0.3 is 0 Å². The summed E-state index contributed by atoms with van der Waals surface area (Å²) in [7, 11) is 0. The van der Waals surface area contributed by atoms with E-state index in [1.807, 2.05) is 0 Å². The van der Waals surface area contributed by atoms with Gasteiger partial charge in [0.25, 0.3) is 0 Å². The van der Waals surface area contributed by atoms with Crippen LogP contribution in [0.3, 0.4) is 0 Å². The number of aromatic nitrogens is 5. The molecule has 19 heavy (non-hydrogen) atoms. The molecule has 3 rings (SSSR count). The molecule has 0 saturated heterocycles. The van der Waals surface area contributed by atoms with Crippen molar-refractivity contribution in [2.45, 2.75) is 6.54 Å². The average Bonchev–Trinajstić information content (AvgIpc) is 2.84. The van der Waals surface area contributed by atoms with Crippen LogP contribution in [-0.2, 0) is 6.54 Å². The van der Waals surface area contributed by atoms with Crippen molar-refractivity contribution in [1.29, 1.82) is 0 Å². The number of aromatic amines is 1. The van der Waals surface area contributed by atoms with E-state index < -0.39 is 5.95 Å². The van der Waals surface area contributed by atoms with Crippen LogP contribution in [0.25, 0.3) is 11.2 Å². The van der Waals surface area contributed by atoms with E-state index in [4.69, 9.17) is 11.6 Å². The molecule has 0 fully saturated rings. The average molecular weight is 279 g/mol. The first kappa shape index (κ1) is 11.8.